The molecule has 2 aromatic rings. The molecule has 2 aliphatic heterocycles. The molecule has 1 saturated heterocycles. The van der Waals surface area contributed by atoms with E-state index in [2.05, 4.69) is 11.4 Å². The number of fused-ring (bicyclic) bond motifs is 1. The average molecular weight is 471 g/mol. The summed E-state index contributed by atoms with van der Waals surface area (Å²) >= 11 is 2.36. The zero-order valence-electron chi connectivity index (χ0n) is 17.7. The van der Waals surface area contributed by atoms with Gasteiger partial charge in [0.2, 0.25) is 12.7 Å². The number of carbonyl (C=O) groups excluding carboxylic acids is 3. The summed E-state index contributed by atoms with van der Waals surface area (Å²) in [5, 5.41) is 2.44. The highest BCUT2D eigenvalue weighted by Crippen LogP contribution is 2.36. The molecule has 166 valence electrons. The first-order valence-electron chi connectivity index (χ1n) is 10.0. The van der Waals surface area contributed by atoms with Crippen molar-refractivity contribution < 1.29 is 23.9 Å². The van der Waals surface area contributed by atoms with E-state index in [1.165, 1.54) is 11.8 Å². The number of carbonyl (C=O) groups is 3. The van der Waals surface area contributed by atoms with Crippen molar-refractivity contribution in [3.63, 3.8) is 0 Å². The van der Waals surface area contributed by atoms with Crippen LogP contribution in [0.15, 0.2) is 46.2 Å². The highest BCUT2D eigenvalue weighted by molar-refractivity contribution is 8.18. The number of nitrogens with zero attached hydrogens (tertiary/aromatic N) is 1. The Bertz CT molecular complexity index is 1120. The van der Waals surface area contributed by atoms with Crippen LogP contribution in [-0.2, 0) is 9.59 Å². The van der Waals surface area contributed by atoms with E-state index in [0.717, 1.165) is 38.2 Å². The van der Waals surface area contributed by atoms with Gasteiger partial charge in [-0.3, -0.25) is 19.3 Å². The van der Waals surface area contributed by atoms with Gasteiger partial charge in [0.25, 0.3) is 11.1 Å². The van der Waals surface area contributed by atoms with Gasteiger partial charge in [-0.2, -0.15) is 0 Å². The normalized spacial score (nSPS) is 16.2. The van der Waals surface area contributed by atoms with Gasteiger partial charge in [-0.25, -0.2) is 0 Å². The quantitative estimate of drug-likeness (QED) is 0.484. The fourth-order valence-corrected chi connectivity index (χ4v) is 5.03. The number of nitrogens with one attached hydrogen (secondary N) is 1. The van der Waals surface area contributed by atoms with Gasteiger partial charge in [-0.15, -0.1) is 11.8 Å². The number of imide groups is 1. The van der Waals surface area contributed by atoms with Crippen LogP contribution in [0.5, 0.6) is 11.5 Å². The molecule has 0 saturated carbocycles. The van der Waals surface area contributed by atoms with Crippen LogP contribution in [0.3, 0.4) is 0 Å². The third-order valence-corrected chi connectivity index (χ3v) is 6.99. The summed E-state index contributed by atoms with van der Waals surface area (Å²) in [7, 11) is 0. The number of amides is 3. The number of ether oxygens (including phenoxy) is 2. The highest BCUT2D eigenvalue weighted by Gasteiger charge is 2.34. The van der Waals surface area contributed by atoms with E-state index in [4.69, 9.17) is 9.47 Å². The van der Waals surface area contributed by atoms with E-state index in [0.29, 0.717) is 16.4 Å². The molecule has 7 nitrogen and oxygen atoms in total. The lowest BCUT2D eigenvalue weighted by atomic mass is 10.2. The van der Waals surface area contributed by atoms with Crippen molar-refractivity contribution in [3.05, 3.63) is 58.0 Å². The first kappa shape index (κ1) is 22.3. The Morgan fingerprint density at radius 2 is 1.97 bits per heavy atom. The summed E-state index contributed by atoms with van der Waals surface area (Å²) in [6, 6.07) is 11.5. The van der Waals surface area contributed by atoms with Crippen LogP contribution in [0.25, 0.3) is 6.08 Å². The number of hydrogen-bond donors (Lipinski definition) is 1. The van der Waals surface area contributed by atoms with Gasteiger partial charge in [-0.05, 0) is 61.0 Å². The lowest BCUT2D eigenvalue weighted by Gasteiger charge is -2.13. The van der Waals surface area contributed by atoms with Crippen LogP contribution < -0.4 is 14.8 Å². The van der Waals surface area contributed by atoms with Crippen molar-refractivity contribution in [3.8, 4) is 11.5 Å². The van der Waals surface area contributed by atoms with Gasteiger partial charge >= 0.3 is 0 Å². The fourth-order valence-electron chi connectivity index (χ4n) is 3.21. The van der Waals surface area contributed by atoms with Gasteiger partial charge in [-0.1, -0.05) is 23.8 Å². The smallest absolute Gasteiger partial charge is 0.293 e. The van der Waals surface area contributed by atoms with Crippen molar-refractivity contribution in [1.29, 1.82) is 0 Å². The number of thioether (sulfide) groups is 2. The molecule has 32 heavy (non-hydrogen) atoms. The zero-order chi connectivity index (χ0) is 22.7. The molecule has 0 aliphatic carbocycles. The predicted molar refractivity (Wildman–Crippen MR) is 125 cm³/mol. The second-order valence-electron chi connectivity index (χ2n) is 7.35. The maximum Gasteiger partial charge on any atom is 0.293 e. The second-order valence-corrected chi connectivity index (χ2v) is 9.36. The number of hydrogen-bond acceptors (Lipinski definition) is 7. The molecule has 0 aromatic heterocycles. The summed E-state index contributed by atoms with van der Waals surface area (Å²) in [5.41, 5.74) is 3.02. The monoisotopic (exact) mass is 470 g/mol. The van der Waals surface area contributed by atoms with Gasteiger partial charge in [0.1, 0.15) is 0 Å². The lowest BCUT2D eigenvalue weighted by molar-refractivity contribution is -0.123. The predicted octanol–water partition coefficient (Wildman–Crippen LogP) is 3.98. The van der Waals surface area contributed by atoms with E-state index < -0.39 is 0 Å². The Hall–Kier alpha value is -2.91. The third kappa shape index (κ3) is 5.11. The maximum atomic E-state index is 12.7. The third-order valence-electron chi connectivity index (χ3n) is 4.93. The SMILES string of the molecule is Cc1ccc(C)c(SCC(=O)NCCN2C(=O)S/C(=C\c3ccc4c(c3)OCO4)C2=O)c1. The Morgan fingerprint density at radius 1 is 1.16 bits per heavy atom. The van der Waals surface area contributed by atoms with E-state index in [9.17, 15) is 14.4 Å². The van der Waals surface area contributed by atoms with Crippen LogP contribution in [0.1, 0.15) is 16.7 Å². The number of benzene rings is 2. The van der Waals surface area contributed by atoms with Crippen molar-refractivity contribution in [2.24, 2.45) is 0 Å². The minimum atomic E-state index is -0.364. The molecule has 0 spiro atoms. The molecule has 2 aromatic carbocycles. The van der Waals surface area contributed by atoms with Gasteiger partial charge in [0.15, 0.2) is 11.5 Å². The van der Waals surface area contributed by atoms with Crippen LogP contribution in [0.4, 0.5) is 4.79 Å². The van der Waals surface area contributed by atoms with Crippen LogP contribution in [0, 0.1) is 13.8 Å². The van der Waals surface area contributed by atoms with Crippen molar-refractivity contribution in [1.82, 2.24) is 10.2 Å². The second kappa shape index (κ2) is 9.70. The molecular formula is C23H22N2O5S2. The minimum Gasteiger partial charge on any atom is -0.454 e. The van der Waals surface area contributed by atoms with Crippen LogP contribution in [-0.4, -0.2) is 47.6 Å². The fraction of sp³-hybridized carbons (Fsp3) is 0.261. The van der Waals surface area contributed by atoms with E-state index in [1.807, 2.05) is 26.0 Å². The zero-order valence-corrected chi connectivity index (χ0v) is 19.3. The van der Waals surface area contributed by atoms with Crippen molar-refractivity contribution in [2.45, 2.75) is 18.7 Å². The molecule has 2 aliphatic rings. The van der Waals surface area contributed by atoms with Gasteiger partial charge in [0, 0.05) is 18.0 Å². The Kier molecular flexibility index (Phi) is 6.76. The molecule has 4 rings (SSSR count). The molecule has 0 atom stereocenters. The summed E-state index contributed by atoms with van der Waals surface area (Å²) in [4.78, 5) is 39.7. The van der Waals surface area contributed by atoms with Crippen LogP contribution >= 0.6 is 23.5 Å². The number of aryl methyl sites for hydroxylation is 2. The highest BCUT2D eigenvalue weighted by atomic mass is 32.2. The van der Waals surface area contributed by atoms with Crippen LogP contribution in [0.2, 0.25) is 0 Å². The first-order chi connectivity index (χ1) is 15.4. The summed E-state index contributed by atoms with van der Waals surface area (Å²) in [6.45, 7) is 4.53. The topological polar surface area (TPSA) is 84.9 Å². The van der Waals surface area contributed by atoms with Gasteiger partial charge < -0.3 is 14.8 Å². The summed E-state index contributed by atoms with van der Waals surface area (Å²) < 4.78 is 10.6. The molecule has 9 heteroatoms. The summed E-state index contributed by atoms with van der Waals surface area (Å²) in [5.74, 6) is 1.03. The van der Waals surface area contributed by atoms with E-state index in [1.54, 1.807) is 24.3 Å². The molecule has 0 radical (unpaired) electrons. The Balaban J connectivity index is 1.28. The first-order valence-corrected chi connectivity index (χ1v) is 11.8. The minimum absolute atomic E-state index is 0.128. The molecule has 0 bridgehead atoms. The van der Waals surface area contributed by atoms with Crippen molar-refractivity contribution in [2.75, 3.05) is 25.6 Å². The summed E-state index contributed by atoms with van der Waals surface area (Å²) in [6.07, 6.45) is 1.66. The number of rotatable bonds is 7. The molecule has 3 amide bonds. The average Bonchev–Trinajstić information content (AvgIpc) is 3.33. The van der Waals surface area contributed by atoms with E-state index >= 15 is 0 Å². The molecule has 1 fully saturated rings. The lowest BCUT2D eigenvalue weighted by Crippen LogP contribution is -2.37. The standard InChI is InChI=1S/C23H22N2O5S2/c1-14-3-4-15(2)19(9-14)31-12-21(26)24-7-8-25-22(27)20(32-23(25)28)11-16-5-6-17-18(10-16)30-13-29-17/h3-6,9-11H,7-8,12-13H2,1-2H3,(H,24,26)/b20-11-. The molecule has 0 unspecified atom stereocenters. The molecule has 2 heterocycles. The molecule has 1 N–H and O–H groups in total. The Morgan fingerprint density at radius 3 is 2.81 bits per heavy atom. The largest absolute Gasteiger partial charge is 0.454 e. The Labute approximate surface area is 194 Å². The molecular weight excluding hydrogens is 448 g/mol. The van der Waals surface area contributed by atoms with E-state index in [-0.39, 0.29) is 42.7 Å². The van der Waals surface area contributed by atoms with Gasteiger partial charge in [0.05, 0.1) is 10.7 Å². The maximum absolute atomic E-state index is 12.7. The van der Waals surface area contributed by atoms with Crippen molar-refractivity contribution >= 4 is 46.7 Å².